The van der Waals surface area contributed by atoms with Gasteiger partial charge in [0, 0.05) is 24.9 Å². The van der Waals surface area contributed by atoms with E-state index in [0.29, 0.717) is 31.1 Å². The lowest BCUT2D eigenvalue weighted by atomic mass is 10.1. The lowest BCUT2D eigenvalue weighted by Crippen LogP contribution is -2.25. The van der Waals surface area contributed by atoms with Gasteiger partial charge in [-0.15, -0.1) is 0 Å². The summed E-state index contributed by atoms with van der Waals surface area (Å²) in [4.78, 5) is 24.7. The zero-order valence-corrected chi connectivity index (χ0v) is 27.3. The normalized spacial score (nSPS) is 11.0. The van der Waals surface area contributed by atoms with E-state index < -0.39 is 0 Å². The van der Waals surface area contributed by atoms with Crippen LogP contribution in [0.1, 0.15) is 58.3 Å². The summed E-state index contributed by atoms with van der Waals surface area (Å²) in [6.45, 7) is 11.3. The second-order valence-corrected chi connectivity index (χ2v) is 10.6. The highest BCUT2D eigenvalue weighted by Gasteiger charge is 2.08. The molecule has 3 aromatic rings. The summed E-state index contributed by atoms with van der Waals surface area (Å²) in [5.74, 6) is 0.160. The van der Waals surface area contributed by atoms with Crippen LogP contribution < -0.4 is 9.64 Å². The molecule has 10 heteroatoms. The Morgan fingerprint density at radius 2 is 1.15 bits per heavy atom. The van der Waals surface area contributed by atoms with Crippen LogP contribution >= 0.6 is 0 Å². The van der Waals surface area contributed by atoms with Gasteiger partial charge in [0.05, 0.1) is 48.6 Å². The number of benzene rings is 3. The number of azo groups is 2. The van der Waals surface area contributed by atoms with Gasteiger partial charge < -0.3 is 19.1 Å². The molecule has 10 nitrogen and oxygen atoms in total. The number of ether oxygens (including phenoxy) is 3. The van der Waals surface area contributed by atoms with Crippen molar-refractivity contribution in [2.24, 2.45) is 20.5 Å². The third kappa shape index (κ3) is 14.7. The van der Waals surface area contributed by atoms with E-state index in [1.54, 1.807) is 0 Å². The number of nitrogens with zero attached hydrogens (tertiary/aromatic N) is 5. The Bertz CT molecular complexity index is 1440. The Kier molecular flexibility index (Phi) is 16.7. The first kappa shape index (κ1) is 36.3. The van der Waals surface area contributed by atoms with Crippen molar-refractivity contribution in [2.75, 3.05) is 31.2 Å². The first-order chi connectivity index (χ1) is 23.0. The van der Waals surface area contributed by atoms with E-state index in [9.17, 15) is 9.59 Å². The van der Waals surface area contributed by atoms with Gasteiger partial charge in [-0.25, -0.2) is 4.79 Å². The molecule has 0 saturated heterocycles. The van der Waals surface area contributed by atoms with E-state index >= 15 is 0 Å². The van der Waals surface area contributed by atoms with Gasteiger partial charge in [-0.05, 0) is 92.6 Å². The Morgan fingerprint density at radius 3 is 1.64 bits per heavy atom. The van der Waals surface area contributed by atoms with Crippen molar-refractivity contribution in [2.45, 2.75) is 58.3 Å². The summed E-state index contributed by atoms with van der Waals surface area (Å²) in [5, 5.41) is 17.3. The minimum absolute atomic E-state index is 0.280. The first-order valence-corrected chi connectivity index (χ1v) is 16.1. The molecule has 0 radical (unpaired) electrons. The van der Waals surface area contributed by atoms with Crippen LogP contribution in [0.3, 0.4) is 0 Å². The van der Waals surface area contributed by atoms with Crippen molar-refractivity contribution in [1.82, 2.24) is 0 Å². The lowest BCUT2D eigenvalue weighted by molar-refractivity contribution is -0.138. The number of carbonyl (C=O) groups excluding carboxylic acids is 2. The average Bonchev–Trinajstić information content (AvgIpc) is 3.10. The largest absolute Gasteiger partial charge is 0.494 e. The fraction of sp³-hybridized carbons (Fsp3) is 0.351. The summed E-state index contributed by atoms with van der Waals surface area (Å²) in [6.07, 6.45) is 10.2. The summed E-state index contributed by atoms with van der Waals surface area (Å²) in [7, 11) is 0. The quantitative estimate of drug-likeness (QED) is 0.0355. The highest BCUT2D eigenvalue weighted by atomic mass is 16.5. The molecule has 0 heterocycles. The van der Waals surface area contributed by atoms with E-state index in [4.69, 9.17) is 14.2 Å². The van der Waals surface area contributed by atoms with Gasteiger partial charge in [0.15, 0.2) is 0 Å². The molecule has 0 amide bonds. The van der Waals surface area contributed by atoms with Gasteiger partial charge in [0.25, 0.3) is 0 Å². The molecule has 0 fully saturated rings. The van der Waals surface area contributed by atoms with Crippen LogP contribution in [0, 0.1) is 0 Å². The second-order valence-electron chi connectivity index (χ2n) is 10.6. The number of anilines is 1. The van der Waals surface area contributed by atoms with Crippen molar-refractivity contribution in [3.05, 3.63) is 98.3 Å². The molecule has 47 heavy (non-hydrogen) atoms. The van der Waals surface area contributed by atoms with Crippen molar-refractivity contribution in [3.8, 4) is 5.75 Å². The van der Waals surface area contributed by atoms with Crippen LogP contribution in [0.5, 0.6) is 5.75 Å². The third-order valence-corrected chi connectivity index (χ3v) is 7.11. The Balaban J connectivity index is 1.34. The molecule has 0 bridgehead atoms. The molecule has 0 atom stereocenters. The molecule has 0 saturated carbocycles. The summed E-state index contributed by atoms with van der Waals surface area (Å²) in [5.41, 5.74) is 3.87. The highest BCUT2D eigenvalue weighted by Crippen LogP contribution is 2.26. The Morgan fingerprint density at radius 1 is 0.681 bits per heavy atom. The maximum atomic E-state index is 11.6. The first-order valence-electron chi connectivity index (χ1n) is 16.1. The minimum atomic E-state index is -0.351. The molecule has 0 aliphatic rings. The topological polar surface area (TPSA) is 115 Å². The molecule has 0 aliphatic heterocycles. The second kappa shape index (κ2) is 21.6. The molecule has 0 aliphatic carbocycles. The van der Waals surface area contributed by atoms with E-state index in [2.05, 4.69) is 38.5 Å². The van der Waals surface area contributed by atoms with E-state index in [-0.39, 0.29) is 18.4 Å². The number of hydrogen-bond acceptors (Lipinski definition) is 10. The number of esters is 2. The molecule has 0 spiro atoms. The minimum Gasteiger partial charge on any atom is -0.494 e. The van der Waals surface area contributed by atoms with Crippen molar-refractivity contribution < 1.29 is 23.8 Å². The maximum Gasteiger partial charge on any atom is 0.330 e. The van der Waals surface area contributed by atoms with Crippen molar-refractivity contribution >= 4 is 40.4 Å². The average molecular weight is 640 g/mol. The molecule has 0 N–H and O–H groups in total. The standard InChI is InChI=1S/C37H45N5O5/c1-4-36(43)47-29-13-11-9-7-8-10-12-28-46-35-24-20-33(21-25-35)41-39-31-16-14-30(15-17-31)38-40-32-18-22-34(23-19-32)42(5-2)27-26-37(44)45-6-3/h4,6,14-25H,1,3,5,7-13,26-29H2,2H3. The van der Waals surface area contributed by atoms with Crippen LogP contribution in [0.4, 0.5) is 28.4 Å². The summed E-state index contributed by atoms with van der Waals surface area (Å²) >= 11 is 0. The van der Waals surface area contributed by atoms with E-state index in [1.807, 2.05) is 79.7 Å². The van der Waals surface area contributed by atoms with Gasteiger partial charge in [0.1, 0.15) is 5.75 Å². The van der Waals surface area contributed by atoms with Crippen LogP contribution in [-0.2, 0) is 19.1 Å². The zero-order chi connectivity index (χ0) is 33.5. The predicted molar refractivity (Wildman–Crippen MR) is 185 cm³/mol. The fourth-order valence-corrected chi connectivity index (χ4v) is 4.51. The van der Waals surface area contributed by atoms with Crippen LogP contribution in [0.2, 0.25) is 0 Å². The molecule has 0 aromatic heterocycles. The van der Waals surface area contributed by atoms with Gasteiger partial charge in [-0.2, -0.15) is 20.5 Å². The van der Waals surface area contributed by atoms with Gasteiger partial charge in [-0.1, -0.05) is 45.3 Å². The number of unbranched alkanes of at least 4 members (excludes halogenated alkanes) is 6. The Hall–Kier alpha value is -5.12. The number of rotatable bonds is 22. The van der Waals surface area contributed by atoms with Crippen molar-refractivity contribution in [3.63, 3.8) is 0 Å². The summed E-state index contributed by atoms with van der Waals surface area (Å²) in [6, 6.07) is 22.7. The van der Waals surface area contributed by atoms with Crippen LogP contribution in [-0.4, -0.2) is 38.2 Å². The Labute approximate surface area is 277 Å². The maximum absolute atomic E-state index is 11.6. The fourth-order valence-electron chi connectivity index (χ4n) is 4.51. The van der Waals surface area contributed by atoms with Crippen molar-refractivity contribution in [1.29, 1.82) is 0 Å². The molecular weight excluding hydrogens is 594 g/mol. The number of carbonyl (C=O) groups is 2. The highest BCUT2D eigenvalue weighted by molar-refractivity contribution is 5.81. The van der Waals surface area contributed by atoms with Gasteiger partial charge >= 0.3 is 11.9 Å². The predicted octanol–water partition coefficient (Wildman–Crippen LogP) is 10.3. The SMILES string of the molecule is C=COC(=O)CCN(CC)c1ccc(N=Nc2ccc(N=Nc3ccc(OCCCCCCCCCOC(=O)C=C)cc3)cc2)cc1. The van der Waals surface area contributed by atoms with E-state index in [1.165, 1.54) is 18.9 Å². The molecular formula is C37H45N5O5. The zero-order valence-electron chi connectivity index (χ0n) is 27.3. The monoisotopic (exact) mass is 639 g/mol. The molecule has 0 unspecified atom stereocenters. The smallest absolute Gasteiger partial charge is 0.330 e. The van der Waals surface area contributed by atoms with Gasteiger partial charge in [0.2, 0.25) is 0 Å². The third-order valence-electron chi connectivity index (χ3n) is 7.11. The molecule has 3 aromatic carbocycles. The van der Waals surface area contributed by atoms with Crippen LogP contribution in [0.25, 0.3) is 0 Å². The number of hydrogen-bond donors (Lipinski definition) is 0. The van der Waals surface area contributed by atoms with Crippen LogP contribution in [0.15, 0.2) is 119 Å². The van der Waals surface area contributed by atoms with E-state index in [0.717, 1.165) is 67.7 Å². The van der Waals surface area contributed by atoms with Gasteiger partial charge in [-0.3, -0.25) is 4.79 Å². The lowest BCUT2D eigenvalue weighted by Gasteiger charge is -2.22. The molecule has 3 rings (SSSR count). The summed E-state index contributed by atoms with van der Waals surface area (Å²) < 4.78 is 15.6. The molecule has 248 valence electrons.